The Morgan fingerprint density at radius 3 is 2.35 bits per heavy atom. The average Bonchev–Trinajstić information content (AvgIpc) is 3.20. The van der Waals surface area contributed by atoms with E-state index < -0.39 is 5.97 Å². The molecular weight excluding hydrogens is 410 g/mol. The van der Waals surface area contributed by atoms with Gasteiger partial charge >= 0.3 is 5.97 Å². The van der Waals surface area contributed by atoms with E-state index in [1.54, 1.807) is 31.0 Å². The SMILES string of the molecule is COc1ccccc1-n1c(Cc2ccccc2)nnc1SCc1ccc(C(=O)O)cc1. The summed E-state index contributed by atoms with van der Waals surface area (Å²) >= 11 is 1.55. The monoisotopic (exact) mass is 431 g/mol. The number of benzene rings is 3. The van der Waals surface area contributed by atoms with Crippen molar-refractivity contribution < 1.29 is 14.6 Å². The van der Waals surface area contributed by atoms with Crippen LogP contribution in [0.1, 0.15) is 27.3 Å². The highest BCUT2D eigenvalue weighted by atomic mass is 32.2. The number of carboxylic acids is 1. The number of carboxylic acid groups (broad SMARTS) is 1. The van der Waals surface area contributed by atoms with Crippen molar-refractivity contribution in [3.8, 4) is 11.4 Å². The molecule has 156 valence electrons. The lowest BCUT2D eigenvalue weighted by Gasteiger charge is -2.14. The van der Waals surface area contributed by atoms with Crippen molar-refractivity contribution in [1.82, 2.24) is 14.8 Å². The lowest BCUT2D eigenvalue weighted by Crippen LogP contribution is -2.05. The molecule has 0 amide bonds. The molecular formula is C24H21N3O3S. The van der Waals surface area contributed by atoms with E-state index in [0.717, 1.165) is 33.5 Å². The molecule has 3 aromatic carbocycles. The minimum atomic E-state index is -0.930. The lowest BCUT2D eigenvalue weighted by atomic mass is 10.1. The summed E-state index contributed by atoms with van der Waals surface area (Å²) in [6.45, 7) is 0. The summed E-state index contributed by atoms with van der Waals surface area (Å²) in [6.07, 6.45) is 0.639. The molecule has 6 nitrogen and oxygen atoms in total. The van der Waals surface area contributed by atoms with E-state index in [1.807, 2.05) is 59.2 Å². The summed E-state index contributed by atoms with van der Waals surface area (Å²) in [5.74, 6) is 1.27. The largest absolute Gasteiger partial charge is 0.495 e. The molecule has 4 aromatic rings. The van der Waals surface area contributed by atoms with Crippen LogP contribution in [-0.2, 0) is 12.2 Å². The Labute approximate surface area is 184 Å². The molecule has 0 bridgehead atoms. The van der Waals surface area contributed by atoms with Crippen LogP contribution < -0.4 is 4.74 Å². The first-order valence-corrected chi connectivity index (χ1v) is 10.7. The van der Waals surface area contributed by atoms with Crippen LogP contribution in [-0.4, -0.2) is 33.0 Å². The second-order valence-corrected chi connectivity index (χ2v) is 7.80. The summed E-state index contributed by atoms with van der Waals surface area (Å²) in [4.78, 5) is 11.1. The van der Waals surface area contributed by atoms with Gasteiger partial charge < -0.3 is 9.84 Å². The molecule has 0 unspecified atom stereocenters. The highest BCUT2D eigenvalue weighted by Crippen LogP contribution is 2.31. The second-order valence-electron chi connectivity index (χ2n) is 6.86. The minimum absolute atomic E-state index is 0.274. The molecule has 0 spiro atoms. The molecule has 0 atom stereocenters. The van der Waals surface area contributed by atoms with Crippen LogP contribution in [0.3, 0.4) is 0 Å². The Bertz CT molecular complexity index is 1170. The molecule has 31 heavy (non-hydrogen) atoms. The number of methoxy groups -OCH3 is 1. The topological polar surface area (TPSA) is 77.2 Å². The van der Waals surface area contributed by atoms with Crippen molar-refractivity contribution in [3.05, 3.63) is 101 Å². The third kappa shape index (κ3) is 4.78. The number of thioether (sulfide) groups is 1. The number of nitrogens with zero attached hydrogens (tertiary/aromatic N) is 3. The van der Waals surface area contributed by atoms with E-state index >= 15 is 0 Å². The molecule has 4 rings (SSSR count). The van der Waals surface area contributed by atoms with Gasteiger partial charge in [-0.1, -0.05) is 66.4 Å². The van der Waals surface area contributed by atoms with Crippen molar-refractivity contribution in [2.75, 3.05) is 7.11 Å². The Hall–Kier alpha value is -3.58. The molecule has 0 aliphatic rings. The molecule has 0 aliphatic heterocycles. The number of rotatable bonds is 8. The summed E-state index contributed by atoms with van der Waals surface area (Å²) in [6, 6.07) is 24.8. The van der Waals surface area contributed by atoms with Crippen LogP contribution in [0.15, 0.2) is 84.0 Å². The first kappa shape index (κ1) is 20.7. The minimum Gasteiger partial charge on any atom is -0.495 e. The molecule has 0 radical (unpaired) electrons. The number of carbonyl (C=O) groups is 1. The number of hydrogen-bond donors (Lipinski definition) is 1. The molecule has 1 heterocycles. The summed E-state index contributed by atoms with van der Waals surface area (Å²) < 4.78 is 7.62. The van der Waals surface area contributed by atoms with Gasteiger partial charge in [-0.2, -0.15) is 0 Å². The van der Waals surface area contributed by atoms with Gasteiger partial charge in [-0.3, -0.25) is 4.57 Å². The standard InChI is InChI=1S/C24H21N3O3S/c1-30-21-10-6-5-9-20(21)27-22(15-17-7-3-2-4-8-17)25-26-24(27)31-16-18-11-13-19(14-12-18)23(28)29/h2-14H,15-16H2,1H3,(H,28,29). The van der Waals surface area contributed by atoms with Crippen molar-refractivity contribution in [3.63, 3.8) is 0 Å². The van der Waals surface area contributed by atoms with Crippen LogP contribution in [0.5, 0.6) is 5.75 Å². The Kier molecular flexibility index (Phi) is 6.33. The predicted molar refractivity (Wildman–Crippen MR) is 120 cm³/mol. The molecule has 0 saturated carbocycles. The Morgan fingerprint density at radius 2 is 1.65 bits per heavy atom. The first-order chi connectivity index (χ1) is 15.2. The Morgan fingerprint density at radius 1 is 0.935 bits per heavy atom. The van der Waals surface area contributed by atoms with E-state index in [1.165, 1.54) is 0 Å². The quantitative estimate of drug-likeness (QED) is 0.402. The zero-order valence-corrected chi connectivity index (χ0v) is 17.7. The van der Waals surface area contributed by atoms with Gasteiger partial charge in [-0.25, -0.2) is 4.79 Å². The van der Waals surface area contributed by atoms with Crippen LogP contribution in [0, 0.1) is 0 Å². The smallest absolute Gasteiger partial charge is 0.335 e. The van der Waals surface area contributed by atoms with Crippen LogP contribution in [0.2, 0.25) is 0 Å². The number of aromatic nitrogens is 3. The van der Waals surface area contributed by atoms with Gasteiger partial charge in [-0.15, -0.1) is 10.2 Å². The van der Waals surface area contributed by atoms with Gasteiger partial charge in [0.25, 0.3) is 0 Å². The van der Waals surface area contributed by atoms with Gasteiger partial charge in [0.2, 0.25) is 0 Å². The summed E-state index contributed by atoms with van der Waals surface area (Å²) in [5, 5.41) is 18.8. The lowest BCUT2D eigenvalue weighted by molar-refractivity contribution is 0.0697. The maximum absolute atomic E-state index is 11.1. The molecule has 0 fully saturated rings. The van der Waals surface area contributed by atoms with Crippen molar-refractivity contribution in [2.24, 2.45) is 0 Å². The van der Waals surface area contributed by atoms with Crippen LogP contribution in [0.25, 0.3) is 5.69 Å². The predicted octanol–water partition coefficient (Wildman–Crippen LogP) is 4.86. The van der Waals surface area contributed by atoms with Crippen molar-refractivity contribution in [2.45, 2.75) is 17.3 Å². The van der Waals surface area contributed by atoms with Crippen LogP contribution in [0.4, 0.5) is 0 Å². The third-order valence-electron chi connectivity index (χ3n) is 4.80. The Balaban J connectivity index is 1.66. The molecule has 0 aliphatic carbocycles. The van der Waals surface area contributed by atoms with Gasteiger partial charge in [0.1, 0.15) is 11.6 Å². The fourth-order valence-electron chi connectivity index (χ4n) is 3.23. The van der Waals surface area contributed by atoms with Gasteiger partial charge in [-0.05, 0) is 35.4 Å². The van der Waals surface area contributed by atoms with E-state index in [0.29, 0.717) is 12.2 Å². The highest BCUT2D eigenvalue weighted by molar-refractivity contribution is 7.98. The summed E-state index contributed by atoms with van der Waals surface area (Å²) in [5.41, 5.74) is 3.31. The fraction of sp³-hybridized carbons (Fsp3) is 0.125. The molecule has 0 saturated heterocycles. The summed E-state index contributed by atoms with van der Waals surface area (Å²) in [7, 11) is 1.65. The van der Waals surface area contributed by atoms with Crippen LogP contribution >= 0.6 is 11.8 Å². The van der Waals surface area contributed by atoms with Gasteiger partial charge in [0.05, 0.1) is 18.4 Å². The maximum Gasteiger partial charge on any atom is 0.335 e. The normalized spacial score (nSPS) is 10.7. The van der Waals surface area contributed by atoms with Gasteiger partial charge in [0, 0.05) is 12.2 Å². The number of para-hydroxylation sites is 2. The van der Waals surface area contributed by atoms with E-state index in [4.69, 9.17) is 9.84 Å². The second kappa shape index (κ2) is 9.49. The molecule has 1 N–H and O–H groups in total. The number of ether oxygens (including phenoxy) is 1. The van der Waals surface area contributed by atoms with E-state index in [2.05, 4.69) is 22.3 Å². The van der Waals surface area contributed by atoms with Gasteiger partial charge in [0.15, 0.2) is 5.16 Å². The zero-order chi connectivity index (χ0) is 21.6. The number of hydrogen-bond acceptors (Lipinski definition) is 5. The average molecular weight is 432 g/mol. The zero-order valence-electron chi connectivity index (χ0n) is 16.9. The number of aromatic carboxylic acids is 1. The first-order valence-electron chi connectivity index (χ1n) is 9.72. The highest BCUT2D eigenvalue weighted by Gasteiger charge is 2.18. The maximum atomic E-state index is 11.1. The van der Waals surface area contributed by atoms with E-state index in [9.17, 15) is 4.79 Å². The third-order valence-corrected chi connectivity index (χ3v) is 5.80. The van der Waals surface area contributed by atoms with Crippen molar-refractivity contribution >= 4 is 17.7 Å². The van der Waals surface area contributed by atoms with E-state index in [-0.39, 0.29) is 5.56 Å². The molecule has 1 aromatic heterocycles. The van der Waals surface area contributed by atoms with Crippen molar-refractivity contribution in [1.29, 1.82) is 0 Å². The molecule has 7 heteroatoms. The fourth-order valence-corrected chi connectivity index (χ4v) is 4.15.